The summed E-state index contributed by atoms with van der Waals surface area (Å²) in [5.74, 6) is 0.000972. The summed E-state index contributed by atoms with van der Waals surface area (Å²) in [6.07, 6.45) is 3.14. The normalized spacial score (nSPS) is 11.7. The molecule has 0 unspecified atom stereocenters. The number of hydrogen-bond donors (Lipinski definition) is 0. The summed E-state index contributed by atoms with van der Waals surface area (Å²) >= 11 is 1.24. The highest BCUT2D eigenvalue weighted by Gasteiger charge is 2.28. The van der Waals surface area contributed by atoms with E-state index in [4.69, 9.17) is 0 Å². The van der Waals surface area contributed by atoms with Crippen molar-refractivity contribution >= 4 is 17.3 Å². The predicted molar refractivity (Wildman–Crippen MR) is 60.8 cm³/mol. The number of hydrogen-bond acceptors (Lipinski definition) is 5. The number of ketones is 1. The molecule has 0 aromatic carbocycles. The van der Waals surface area contributed by atoms with Crippen molar-refractivity contribution in [3.63, 3.8) is 0 Å². The Labute approximate surface area is 97.3 Å². The number of carbonyl (C=O) groups is 1. The van der Waals surface area contributed by atoms with Gasteiger partial charge in [0.25, 0.3) is 0 Å². The zero-order chi connectivity index (χ0) is 11.8. The van der Waals surface area contributed by atoms with E-state index < -0.39 is 5.41 Å². The first-order chi connectivity index (χ1) is 7.50. The molecule has 5 nitrogen and oxygen atoms in total. The van der Waals surface area contributed by atoms with Gasteiger partial charge >= 0.3 is 0 Å². The van der Waals surface area contributed by atoms with Crippen LogP contribution < -0.4 is 0 Å². The maximum absolute atomic E-state index is 12.1. The van der Waals surface area contributed by atoms with Crippen molar-refractivity contribution in [2.24, 2.45) is 5.41 Å². The van der Waals surface area contributed by atoms with E-state index in [1.54, 1.807) is 17.8 Å². The number of Topliss-reactive ketones (excluding diaryl/α,β-unsaturated/α-hetero) is 1. The summed E-state index contributed by atoms with van der Waals surface area (Å²) in [5.41, 5.74) is 0.638. The van der Waals surface area contributed by atoms with Crippen LogP contribution in [0, 0.1) is 5.41 Å². The molecule has 0 fully saturated rings. The lowest BCUT2D eigenvalue weighted by molar-refractivity contribution is 0.0854. The van der Waals surface area contributed by atoms with E-state index in [0.29, 0.717) is 11.4 Å². The largest absolute Gasteiger partial charge is 0.292 e. The molecule has 16 heavy (non-hydrogen) atoms. The SMILES string of the molecule is CC(C)(C)C(=O)c1nscc1-n1nccn1. The van der Waals surface area contributed by atoms with E-state index in [2.05, 4.69) is 14.6 Å². The highest BCUT2D eigenvalue weighted by atomic mass is 32.1. The van der Waals surface area contributed by atoms with Crippen LogP contribution in [0.25, 0.3) is 5.69 Å². The fourth-order valence-electron chi connectivity index (χ4n) is 1.23. The van der Waals surface area contributed by atoms with Crippen molar-refractivity contribution in [3.8, 4) is 5.69 Å². The number of rotatable bonds is 2. The van der Waals surface area contributed by atoms with Crippen molar-refractivity contribution in [2.45, 2.75) is 20.8 Å². The van der Waals surface area contributed by atoms with E-state index in [1.807, 2.05) is 20.8 Å². The molecule has 0 N–H and O–H groups in total. The van der Waals surface area contributed by atoms with Crippen LogP contribution in [0.1, 0.15) is 31.3 Å². The van der Waals surface area contributed by atoms with Gasteiger partial charge in [-0.2, -0.15) is 14.6 Å². The quantitative estimate of drug-likeness (QED) is 0.748. The Bertz CT molecular complexity index is 495. The smallest absolute Gasteiger partial charge is 0.189 e. The van der Waals surface area contributed by atoms with E-state index in [1.165, 1.54) is 16.3 Å². The second-order valence-corrected chi connectivity index (χ2v) is 5.08. The molecule has 0 saturated carbocycles. The molecule has 84 valence electrons. The number of carbonyl (C=O) groups excluding carboxylic acids is 1. The van der Waals surface area contributed by atoms with Crippen LogP contribution in [0.2, 0.25) is 0 Å². The third kappa shape index (κ3) is 1.88. The van der Waals surface area contributed by atoms with Gasteiger partial charge in [-0.3, -0.25) is 4.79 Å². The minimum atomic E-state index is -0.448. The average Bonchev–Trinajstić information content (AvgIpc) is 2.85. The molecule has 0 aliphatic rings. The van der Waals surface area contributed by atoms with Gasteiger partial charge < -0.3 is 0 Å². The summed E-state index contributed by atoms with van der Waals surface area (Å²) in [7, 11) is 0. The molecule has 0 aliphatic heterocycles. The van der Waals surface area contributed by atoms with Crippen molar-refractivity contribution < 1.29 is 4.79 Å². The Morgan fingerprint density at radius 3 is 2.50 bits per heavy atom. The zero-order valence-electron chi connectivity index (χ0n) is 9.34. The summed E-state index contributed by atoms with van der Waals surface area (Å²) in [6, 6.07) is 0. The summed E-state index contributed by atoms with van der Waals surface area (Å²) in [5, 5.41) is 9.78. The Balaban J connectivity index is 2.45. The molecule has 0 amide bonds. The zero-order valence-corrected chi connectivity index (χ0v) is 10.2. The molecule has 2 aromatic rings. The van der Waals surface area contributed by atoms with Crippen molar-refractivity contribution in [1.82, 2.24) is 19.4 Å². The molecule has 2 aromatic heterocycles. The molecule has 0 aliphatic carbocycles. The van der Waals surface area contributed by atoms with Crippen LogP contribution in [-0.4, -0.2) is 25.2 Å². The predicted octanol–water partition coefficient (Wildman–Crippen LogP) is 1.95. The van der Waals surface area contributed by atoms with E-state index in [9.17, 15) is 4.79 Å². The number of nitrogens with zero attached hydrogens (tertiary/aromatic N) is 4. The Morgan fingerprint density at radius 2 is 1.94 bits per heavy atom. The van der Waals surface area contributed by atoms with Gasteiger partial charge in [-0.05, 0) is 11.5 Å². The molecular formula is C10H12N4OS. The van der Waals surface area contributed by atoms with Gasteiger partial charge in [-0.25, -0.2) is 0 Å². The van der Waals surface area contributed by atoms with Gasteiger partial charge in [0.15, 0.2) is 5.78 Å². The lowest BCUT2D eigenvalue weighted by Crippen LogP contribution is -2.22. The first-order valence-electron chi connectivity index (χ1n) is 4.86. The van der Waals surface area contributed by atoms with Gasteiger partial charge in [0.05, 0.1) is 12.4 Å². The fourth-order valence-corrected chi connectivity index (χ4v) is 1.87. The van der Waals surface area contributed by atoms with Crippen molar-refractivity contribution in [3.05, 3.63) is 23.5 Å². The summed E-state index contributed by atoms with van der Waals surface area (Å²) < 4.78 is 4.13. The first-order valence-corrected chi connectivity index (χ1v) is 5.69. The van der Waals surface area contributed by atoms with E-state index in [-0.39, 0.29) is 5.78 Å². The molecule has 6 heteroatoms. The Hall–Kier alpha value is -1.56. The summed E-state index contributed by atoms with van der Waals surface area (Å²) in [4.78, 5) is 13.5. The third-order valence-corrected chi connectivity index (χ3v) is 2.70. The maximum atomic E-state index is 12.1. The fraction of sp³-hybridized carbons (Fsp3) is 0.400. The topological polar surface area (TPSA) is 60.7 Å². The lowest BCUT2D eigenvalue weighted by Gasteiger charge is -2.15. The molecule has 2 heterocycles. The number of aromatic nitrogens is 4. The van der Waals surface area contributed by atoms with Crippen LogP contribution in [0.3, 0.4) is 0 Å². The maximum Gasteiger partial charge on any atom is 0.189 e. The van der Waals surface area contributed by atoms with Crippen LogP contribution in [-0.2, 0) is 0 Å². The van der Waals surface area contributed by atoms with Gasteiger partial charge in [-0.15, -0.1) is 4.80 Å². The monoisotopic (exact) mass is 236 g/mol. The van der Waals surface area contributed by atoms with Crippen LogP contribution in [0.5, 0.6) is 0 Å². The highest BCUT2D eigenvalue weighted by Crippen LogP contribution is 2.24. The average molecular weight is 236 g/mol. The minimum Gasteiger partial charge on any atom is -0.292 e. The molecule has 0 bridgehead atoms. The van der Waals surface area contributed by atoms with Crippen molar-refractivity contribution in [1.29, 1.82) is 0 Å². The Kier molecular flexibility index (Phi) is 2.59. The molecular weight excluding hydrogens is 224 g/mol. The third-order valence-electron chi connectivity index (χ3n) is 2.08. The van der Waals surface area contributed by atoms with Gasteiger partial charge in [0.1, 0.15) is 11.4 Å². The van der Waals surface area contributed by atoms with E-state index >= 15 is 0 Å². The van der Waals surface area contributed by atoms with Gasteiger partial charge in [-0.1, -0.05) is 20.8 Å². The minimum absolute atomic E-state index is 0.000972. The molecule has 0 saturated heterocycles. The summed E-state index contributed by atoms with van der Waals surface area (Å²) in [6.45, 7) is 5.61. The van der Waals surface area contributed by atoms with Crippen molar-refractivity contribution in [2.75, 3.05) is 0 Å². The second kappa shape index (κ2) is 3.79. The van der Waals surface area contributed by atoms with Gasteiger partial charge in [0.2, 0.25) is 0 Å². The molecule has 0 radical (unpaired) electrons. The lowest BCUT2D eigenvalue weighted by atomic mass is 9.89. The second-order valence-electron chi connectivity index (χ2n) is 4.45. The van der Waals surface area contributed by atoms with Crippen LogP contribution in [0.15, 0.2) is 17.8 Å². The van der Waals surface area contributed by atoms with Crippen LogP contribution >= 0.6 is 11.5 Å². The van der Waals surface area contributed by atoms with Crippen LogP contribution in [0.4, 0.5) is 0 Å². The van der Waals surface area contributed by atoms with Gasteiger partial charge in [0, 0.05) is 10.8 Å². The standard InChI is InChI=1S/C10H12N4OS/c1-10(2,3)9(15)8-7(6-16-13-8)14-11-4-5-12-14/h4-6H,1-3H3. The highest BCUT2D eigenvalue weighted by molar-refractivity contribution is 7.04. The Morgan fingerprint density at radius 1 is 1.31 bits per heavy atom. The van der Waals surface area contributed by atoms with E-state index in [0.717, 1.165) is 0 Å². The molecule has 0 atom stereocenters. The molecule has 0 spiro atoms. The first kappa shape index (κ1) is 10.9. The molecule has 2 rings (SSSR count).